The van der Waals surface area contributed by atoms with E-state index in [9.17, 15) is 4.79 Å². The number of carbonyl (C=O) groups is 1. The third-order valence-electron chi connectivity index (χ3n) is 4.45. The van der Waals surface area contributed by atoms with Gasteiger partial charge in [-0.2, -0.15) is 10.1 Å². The summed E-state index contributed by atoms with van der Waals surface area (Å²) in [6.45, 7) is 10.7. The lowest BCUT2D eigenvalue weighted by atomic mass is 10.0. The number of rotatable bonds is 4. The van der Waals surface area contributed by atoms with Crippen molar-refractivity contribution in [3.8, 4) is 12.3 Å². The Hall–Kier alpha value is -2.65. The molecule has 2 heterocycles. The number of hydrogen-bond donors (Lipinski definition) is 0. The molecule has 0 unspecified atom stereocenters. The molecule has 0 aliphatic carbocycles. The maximum absolute atomic E-state index is 12.7. The number of benzene rings is 1. The van der Waals surface area contributed by atoms with Crippen molar-refractivity contribution < 1.29 is 4.79 Å². The normalized spacial score (nSPS) is 12.3. The second-order valence-electron chi connectivity index (χ2n) is 7.18. The Kier molecular flexibility index (Phi) is 5.33. The van der Waals surface area contributed by atoms with Gasteiger partial charge in [0.25, 0.3) is 5.91 Å². The summed E-state index contributed by atoms with van der Waals surface area (Å²) >= 11 is 1.48. The summed E-state index contributed by atoms with van der Waals surface area (Å²) in [5.41, 5.74) is 3.55. The lowest BCUT2D eigenvalue weighted by Crippen LogP contribution is -2.16. The van der Waals surface area contributed by atoms with Crippen molar-refractivity contribution >= 4 is 27.5 Å². The molecule has 5 nitrogen and oxygen atoms in total. The van der Waals surface area contributed by atoms with E-state index in [4.69, 9.17) is 6.42 Å². The Labute approximate surface area is 163 Å². The highest BCUT2D eigenvalue weighted by atomic mass is 32.1. The molecule has 1 amide bonds. The number of thiazole rings is 1. The van der Waals surface area contributed by atoms with Gasteiger partial charge in [0.1, 0.15) is 0 Å². The first-order valence-corrected chi connectivity index (χ1v) is 9.85. The molecule has 1 aromatic carbocycles. The van der Waals surface area contributed by atoms with Gasteiger partial charge in [0.05, 0.1) is 16.8 Å². The molecule has 0 saturated heterocycles. The summed E-state index contributed by atoms with van der Waals surface area (Å²) < 4.78 is 4.82. The Morgan fingerprint density at radius 3 is 2.63 bits per heavy atom. The minimum Gasteiger partial charge on any atom is -0.305 e. The van der Waals surface area contributed by atoms with E-state index in [1.807, 2.05) is 30.0 Å². The quantitative estimate of drug-likeness (QED) is 0.634. The Balaban J connectivity index is 2.11. The van der Waals surface area contributed by atoms with Gasteiger partial charge >= 0.3 is 0 Å². The van der Waals surface area contributed by atoms with Crippen LogP contribution in [0.4, 0.5) is 0 Å². The van der Waals surface area contributed by atoms with E-state index in [0.29, 0.717) is 23.0 Å². The monoisotopic (exact) mass is 380 g/mol. The van der Waals surface area contributed by atoms with Crippen LogP contribution in [-0.2, 0) is 6.54 Å². The molecule has 140 valence electrons. The molecular formula is C21H24N4OS. The van der Waals surface area contributed by atoms with E-state index in [1.54, 1.807) is 6.07 Å². The molecule has 27 heavy (non-hydrogen) atoms. The molecule has 2 aromatic heterocycles. The summed E-state index contributed by atoms with van der Waals surface area (Å²) in [5, 5.41) is 4.40. The first-order valence-electron chi connectivity index (χ1n) is 9.03. The molecular weight excluding hydrogens is 356 g/mol. The lowest BCUT2D eigenvalue weighted by molar-refractivity contribution is 0.0992. The topological polar surface area (TPSA) is 52.2 Å². The standard InChI is InChI=1S/C21H24N4OS/c1-7-10-24-18-9-8-16(13(2)3)12-19(18)27-21(24)22-20(26)17-11-15(6)25(23-17)14(4)5/h1,8-9,11-14H,10H2,2-6H3. The zero-order valence-corrected chi connectivity index (χ0v) is 17.2. The Morgan fingerprint density at radius 1 is 1.30 bits per heavy atom. The van der Waals surface area contributed by atoms with Gasteiger partial charge in [-0.25, -0.2) is 0 Å². The predicted molar refractivity (Wildman–Crippen MR) is 110 cm³/mol. The van der Waals surface area contributed by atoms with Crippen molar-refractivity contribution in [3.05, 3.63) is 46.0 Å². The molecule has 0 aliphatic rings. The highest BCUT2D eigenvalue weighted by Gasteiger charge is 2.15. The SMILES string of the molecule is C#CCn1c(=NC(=O)c2cc(C)n(C(C)C)n2)sc2cc(C(C)C)ccc21. The van der Waals surface area contributed by atoms with E-state index in [2.05, 4.69) is 48.1 Å². The molecule has 3 rings (SSSR count). The third kappa shape index (κ3) is 3.74. The molecule has 0 atom stereocenters. The number of carbonyl (C=O) groups excluding carboxylic acids is 1. The Bertz CT molecular complexity index is 1110. The van der Waals surface area contributed by atoms with E-state index in [1.165, 1.54) is 16.9 Å². The zero-order valence-electron chi connectivity index (χ0n) is 16.4. The van der Waals surface area contributed by atoms with Gasteiger partial charge in [-0.3, -0.25) is 9.48 Å². The second kappa shape index (κ2) is 7.53. The molecule has 3 aromatic rings. The molecule has 0 bridgehead atoms. The smallest absolute Gasteiger partial charge is 0.300 e. The minimum atomic E-state index is -0.348. The van der Waals surface area contributed by atoms with Gasteiger partial charge in [-0.1, -0.05) is 37.2 Å². The van der Waals surface area contributed by atoms with Crippen LogP contribution in [0.1, 0.15) is 61.4 Å². The van der Waals surface area contributed by atoms with E-state index in [0.717, 1.165) is 15.9 Å². The van der Waals surface area contributed by atoms with Crippen molar-refractivity contribution in [3.63, 3.8) is 0 Å². The van der Waals surface area contributed by atoms with Gasteiger partial charge in [0.2, 0.25) is 0 Å². The first kappa shape index (κ1) is 19.1. The molecule has 6 heteroatoms. The first-order chi connectivity index (χ1) is 12.8. The van der Waals surface area contributed by atoms with Crippen LogP contribution in [-0.4, -0.2) is 20.3 Å². The molecule has 0 spiro atoms. The van der Waals surface area contributed by atoms with Gasteiger partial charge < -0.3 is 4.57 Å². The second-order valence-corrected chi connectivity index (χ2v) is 8.19. The fourth-order valence-electron chi connectivity index (χ4n) is 3.04. The van der Waals surface area contributed by atoms with Gasteiger partial charge in [0, 0.05) is 11.7 Å². The van der Waals surface area contributed by atoms with Gasteiger partial charge in [0.15, 0.2) is 10.5 Å². The van der Waals surface area contributed by atoms with Crippen LogP contribution in [0, 0.1) is 19.3 Å². The maximum Gasteiger partial charge on any atom is 0.300 e. The molecule has 0 aliphatic heterocycles. The van der Waals surface area contributed by atoms with Crippen molar-refractivity contribution in [1.82, 2.24) is 14.3 Å². The van der Waals surface area contributed by atoms with Crippen molar-refractivity contribution in [2.75, 3.05) is 0 Å². The average Bonchev–Trinajstić information content (AvgIpc) is 3.16. The zero-order chi connectivity index (χ0) is 19.7. The summed E-state index contributed by atoms with van der Waals surface area (Å²) in [6.07, 6.45) is 5.55. The van der Waals surface area contributed by atoms with Crippen LogP contribution in [0.15, 0.2) is 29.3 Å². The maximum atomic E-state index is 12.7. The van der Waals surface area contributed by atoms with Gasteiger partial charge in [-0.05, 0) is 50.5 Å². The van der Waals surface area contributed by atoms with E-state index < -0.39 is 0 Å². The number of nitrogens with zero attached hydrogens (tertiary/aromatic N) is 4. The summed E-state index contributed by atoms with van der Waals surface area (Å²) in [7, 11) is 0. The molecule has 0 fully saturated rings. The Morgan fingerprint density at radius 2 is 2.04 bits per heavy atom. The highest BCUT2D eigenvalue weighted by Crippen LogP contribution is 2.23. The summed E-state index contributed by atoms with van der Waals surface area (Å²) in [4.78, 5) is 17.7. The van der Waals surface area contributed by atoms with E-state index >= 15 is 0 Å². The van der Waals surface area contributed by atoms with Crippen molar-refractivity contribution in [1.29, 1.82) is 0 Å². The highest BCUT2D eigenvalue weighted by molar-refractivity contribution is 7.16. The van der Waals surface area contributed by atoms with Crippen LogP contribution < -0.4 is 4.80 Å². The number of fused-ring (bicyclic) bond motifs is 1. The molecule has 0 saturated carbocycles. The third-order valence-corrected chi connectivity index (χ3v) is 5.49. The summed E-state index contributed by atoms with van der Waals surface area (Å²) in [5.74, 6) is 2.74. The van der Waals surface area contributed by atoms with Crippen LogP contribution >= 0.6 is 11.3 Å². The fourth-order valence-corrected chi connectivity index (χ4v) is 4.11. The number of aryl methyl sites for hydroxylation is 1. The number of amides is 1. The number of terminal acetylenes is 1. The fraction of sp³-hybridized carbons (Fsp3) is 0.381. The van der Waals surface area contributed by atoms with Crippen molar-refractivity contribution in [2.24, 2.45) is 4.99 Å². The molecule has 0 radical (unpaired) electrons. The van der Waals surface area contributed by atoms with Crippen LogP contribution in [0.2, 0.25) is 0 Å². The number of hydrogen-bond acceptors (Lipinski definition) is 3. The van der Waals surface area contributed by atoms with Crippen molar-refractivity contribution in [2.45, 2.75) is 53.1 Å². The van der Waals surface area contributed by atoms with Crippen LogP contribution in [0.3, 0.4) is 0 Å². The number of aromatic nitrogens is 3. The van der Waals surface area contributed by atoms with Crippen LogP contribution in [0.25, 0.3) is 10.2 Å². The molecule has 0 N–H and O–H groups in total. The van der Waals surface area contributed by atoms with Crippen LogP contribution in [0.5, 0.6) is 0 Å². The average molecular weight is 381 g/mol. The van der Waals surface area contributed by atoms with Gasteiger partial charge in [-0.15, -0.1) is 6.42 Å². The largest absolute Gasteiger partial charge is 0.305 e. The lowest BCUT2D eigenvalue weighted by Gasteiger charge is -2.06. The summed E-state index contributed by atoms with van der Waals surface area (Å²) in [6, 6.07) is 8.28. The minimum absolute atomic E-state index is 0.191. The van der Waals surface area contributed by atoms with E-state index in [-0.39, 0.29) is 11.9 Å². The predicted octanol–water partition coefficient (Wildman–Crippen LogP) is 4.29.